The highest BCUT2D eigenvalue weighted by molar-refractivity contribution is 5.38. The fraction of sp³-hybridized carbons (Fsp3) is 0.368. The number of halogens is 3. The second kappa shape index (κ2) is 7.07. The molecule has 0 aliphatic rings. The van der Waals surface area contributed by atoms with Crippen LogP contribution in [0.25, 0.3) is 0 Å². The lowest BCUT2D eigenvalue weighted by atomic mass is 9.99. The summed E-state index contributed by atoms with van der Waals surface area (Å²) in [6, 6.07) is 11.3. The van der Waals surface area contributed by atoms with Gasteiger partial charge in [0, 0.05) is 0 Å². The third-order valence-corrected chi connectivity index (χ3v) is 3.78. The van der Waals surface area contributed by atoms with E-state index in [2.05, 4.69) is 19.9 Å². The van der Waals surface area contributed by atoms with E-state index in [1.165, 1.54) is 11.6 Å². The van der Waals surface area contributed by atoms with E-state index >= 15 is 0 Å². The number of aryl methyl sites for hydroxylation is 1. The molecule has 2 aromatic rings. The van der Waals surface area contributed by atoms with Crippen LogP contribution in [-0.4, -0.2) is 0 Å². The molecule has 0 atom stereocenters. The second-order valence-electron chi connectivity index (χ2n) is 5.86. The highest BCUT2D eigenvalue weighted by atomic mass is 19.4. The van der Waals surface area contributed by atoms with E-state index in [1.54, 1.807) is 6.07 Å². The Morgan fingerprint density at radius 2 is 1.78 bits per heavy atom. The molecule has 0 spiro atoms. The molecule has 23 heavy (non-hydrogen) atoms. The summed E-state index contributed by atoms with van der Waals surface area (Å²) in [6.07, 6.45) is -3.51. The Labute approximate surface area is 135 Å². The molecule has 0 aliphatic heterocycles. The number of hydrogen-bond acceptors (Lipinski definition) is 1. The molecule has 0 aliphatic carbocycles. The SMILES string of the molecule is CCc1cc(C(C)C)ccc1OCc1cccc(C(F)(F)F)c1. The standard InChI is InChI=1S/C19H21F3O/c1-4-15-11-16(13(2)3)8-9-18(15)23-12-14-6-5-7-17(10-14)19(20,21)22/h5-11,13H,4,12H2,1-3H3. The zero-order valence-corrected chi connectivity index (χ0v) is 13.6. The van der Waals surface area contributed by atoms with Gasteiger partial charge in [-0.1, -0.05) is 45.0 Å². The summed E-state index contributed by atoms with van der Waals surface area (Å²) < 4.78 is 43.9. The van der Waals surface area contributed by atoms with Gasteiger partial charge in [0.2, 0.25) is 0 Å². The first kappa shape index (κ1) is 17.4. The maximum atomic E-state index is 12.7. The molecular weight excluding hydrogens is 301 g/mol. The van der Waals surface area contributed by atoms with Crippen molar-refractivity contribution in [1.29, 1.82) is 0 Å². The van der Waals surface area contributed by atoms with Crippen LogP contribution in [0.1, 0.15) is 48.9 Å². The summed E-state index contributed by atoms with van der Waals surface area (Å²) >= 11 is 0. The zero-order valence-electron chi connectivity index (χ0n) is 13.6. The molecule has 2 rings (SSSR count). The summed E-state index contributed by atoms with van der Waals surface area (Å²) in [5.41, 5.74) is 2.16. The van der Waals surface area contributed by atoms with Crippen molar-refractivity contribution >= 4 is 0 Å². The lowest BCUT2D eigenvalue weighted by Gasteiger charge is -2.14. The van der Waals surface area contributed by atoms with Crippen LogP contribution in [0.4, 0.5) is 13.2 Å². The minimum atomic E-state index is -4.33. The van der Waals surface area contributed by atoms with Gasteiger partial charge in [-0.25, -0.2) is 0 Å². The van der Waals surface area contributed by atoms with Gasteiger partial charge in [0.15, 0.2) is 0 Å². The highest BCUT2D eigenvalue weighted by Crippen LogP contribution is 2.30. The van der Waals surface area contributed by atoms with Crippen molar-refractivity contribution in [2.75, 3.05) is 0 Å². The van der Waals surface area contributed by atoms with E-state index in [9.17, 15) is 13.2 Å². The highest BCUT2D eigenvalue weighted by Gasteiger charge is 2.30. The summed E-state index contributed by atoms with van der Waals surface area (Å²) in [5.74, 6) is 1.16. The van der Waals surface area contributed by atoms with E-state index in [0.717, 1.165) is 29.9 Å². The van der Waals surface area contributed by atoms with Crippen LogP contribution >= 0.6 is 0 Å². The fourth-order valence-electron chi connectivity index (χ4n) is 2.37. The van der Waals surface area contributed by atoms with Gasteiger partial charge < -0.3 is 4.74 Å². The van der Waals surface area contributed by atoms with E-state index in [4.69, 9.17) is 4.74 Å². The average Bonchev–Trinajstić information content (AvgIpc) is 2.52. The molecule has 0 fully saturated rings. The third-order valence-electron chi connectivity index (χ3n) is 3.78. The molecule has 4 heteroatoms. The molecule has 0 aromatic heterocycles. The Bertz CT molecular complexity index is 660. The summed E-state index contributed by atoms with van der Waals surface area (Å²) in [4.78, 5) is 0. The summed E-state index contributed by atoms with van der Waals surface area (Å²) in [6.45, 7) is 6.41. The number of rotatable bonds is 5. The number of benzene rings is 2. The van der Waals surface area contributed by atoms with E-state index in [1.807, 2.05) is 19.1 Å². The second-order valence-corrected chi connectivity index (χ2v) is 5.86. The van der Waals surface area contributed by atoms with Crippen LogP contribution in [0.5, 0.6) is 5.75 Å². The van der Waals surface area contributed by atoms with Crippen molar-refractivity contribution < 1.29 is 17.9 Å². The average molecular weight is 322 g/mol. The summed E-state index contributed by atoms with van der Waals surface area (Å²) in [5, 5.41) is 0. The van der Waals surface area contributed by atoms with Crippen molar-refractivity contribution in [2.24, 2.45) is 0 Å². The molecule has 0 amide bonds. The van der Waals surface area contributed by atoms with Gasteiger partial charge in [0.25, 0.3) is 0 Å². The molecule has 0 N–H and O–H groups in total. The lowest BCUT2D eigenvalue weighted by molar-refractivity contribution is -0.137. The zero-order chi connectivity index (χ0) is 17.0. The first-order chi connectivity index (χ1) is 10.8. The fourth-order valence-corrected chi connectivity index (χ4v) is 2.37. The minimum Gasteiger partial charge on any atom is -0.489 e. The normalized spacial score (nSPS) is 11.8. The molecule has 0 saturated carbocycles. The quantitative estimate of drug-likeness (QED) is 0.659. The van der Waals surface area contributed by atoms with Gasteiger partial charge in [-0.05, 0) is 47.2 Å². The molecule has 0 unspecified atom stereocenters. The van der Waals surface area contributed by atoms with Crippen molar-refractivity contribution in [3.8, 4) is 5.75 Å². The topological polar surface area (TPSA) is 9.23 Å². The van der Waals surface area contributed by atoms with Gasteiger partial charge in [0.05, 0.1) is 5.56 Å². The van der Waals surface area contributed by atoms with E-state index in [0.29, 0.717) is 11.5 Å². The van der Waals surface area contributed by atoms with Crippen LogP contribution in [0.3, 0.4) is 0 Å². The van der Waals surface area contributed by atoms with Crippen LogP contribution < -0.4 is 4.74 Å². The molecule has 0 bridgehead atoms. The molecule has 1 nitrogen and oxygen atoms in total. The molecular formula is C19H21F3O. The van der Waals surface area contributed by atoms with Crippen LogP contribution in [0, 0.1) is 0 Å². The van der Waals surface area contributed by atoms with E-state index in [-0.39, 0.29) is 6.61 Å². The Balaban J connectivity index is 2.15. The number of ether oxygens (including phenoxy) is 1. The maximum absolute atomic E-state index is 12.7. The van der Waals surface area contributed by atoms with Gasteiger partial charge in [0.1, 0.15) is 12.4 Å². The minimum absolute atomic E-state index is 0.123. The molecule has 2 aromatic carbocycles. The van der Waals surface area contributed by atoms with Gasteiger partial charge in [-0.15, -0.1) is 0 Å². The molecule has 0 saturated heterocycles. The van der Waals surface area contributed by atoms with Gasteiger partial charge >= 0.3 is 6.18 Å². The first-order valence-electron chi connectivity index (χ1n) is 7.73. The number of hydrogen-bond donors (Lipinski definition) is 0. The number of alkyl halides is 3. The van der Waals surface area contributed by atoms with Gasteiger partial charge in [-0.3, -0.25) is 0 Å². The maximum Gasteiger partial charge on any atom is 0.416 e. The van der Waals surface area contributed by atoms with Crippen LogP contribution in [-0.2, 0) is 19.2 Å². The van der Waals surface area contributed by atoms with Crippen molar-refractivity contribution in [1.82, 2.24) is 0 Å². The smallest absolute Gasteiger partial charge is 0.416 e. The predicted molar refractivity (Wildman–Crippen MR) is 85.7 cm³/mol. The largest absolute Gasteiger partial charge is 0.489 e. The van der Waals surface area contributed by atoms with Crippen molar-refractivity contribution in [3.05, 3.63) is 64.7 Å². The Kier molecular flexibility index (Phi) is 5.34. The molecule has 124 valence electrons. The van der Waals surface area contributed by atoms with Crippen LogP contribution in [0.2, 0.25) is 0 Å². The van der Waals surface area contributed by atoms with E-state index < -0.39 is 11.7 Å². The first-order valence-corrected chi connectivity index (χ1v) is 7.73. The third kappa shape index (κ3) is 4.50. The molecule has 0 radical (unpaired) electrons. The van der Waals surface area contributed by atoms with Crippen molar-refractivity contribution in [2.45, 2.75) is 45.9 Å². The van der Waals surface area contributed by atoms with Crippen molar-refractivity contribution in [3.63, 3.8) is 0 Å². The Morgan fingerprint density at radius 1 is 1.04 bits per heavy atom. The van der Waals surface area contributed by atoms with Crippen LogP contribution in [0.15, 0.2) is 42.5 Å². The predicted octanol–water partition coefficient (Wildman–Crippen LogP) is 5.97. The van der Waals surface area contributed by atoms with Gasteiger partial charge in [-0.2, -0.15) is 13.2 Å². The monoisotopic (exact) mass is 322 g/mol. The summed E-state index contributed by atoms with van der Waals surface area (Å²) in [7, 11) is 0. The molecule has 0 heterocycles. The Morgan fingerprint density at radius 3 is 2.39 bits per heavy atom. The lowest BCUT2D eigenvalue weighted by Crippen LogP contribution is -2.06. The Hall–Kier alpha value is -1.97.